The second kappa shape index (κ2) is 5.44. The number of hydrogen-bond donors (Lipinski definition) is 0. The van der Waals surface area contributed by atoms with Crippen LogP contribution in [0, 0.1) is 0 Å². The van der Waals surface area contributed by atoms with Crippen LogP contribution >= 0.6 is 0 Å². The molecule has 80 valence electrons. The number of hydrogen-bond acceptors (Lipinski definition) is 2. The van der Waals surface area contributed by atoms with Crippen molar-refractivity contribution in [3.8, 4) is 0 Å². The van der Waals surface area contributed by atoms with Crippen LogP contribution in [-0.4, -0.2) is 44.7 Å². The van der Waals surface area contributed by atoms with Gasteiger partial charge in [-0.1, -0.05) is 18.2 Å². The molecule has 0 spiro atoms. The highest BCUT2D eigenvalue weighted by Gasteiger charge is 2.03. The highest BCUT2D eigenvalue weighted by molar-refractivity contribution is 5.51. The molecule has 0 radical (unpaired) electrons. The van der Waals surface area contributed by atoms with Gasteiger partial charge in [-0.2, -0.15) is 4.99 Å². The van der Waals surface area contributed by atoms with Gasteiger partial charge in [0.2, 0.25) is 0 Å². The number of para-hydroxylation sites is 1. The van der Waals surface area contributed by atoms with Gasteiger partial charge in [-0.05, 0) is 12.1 Å². The predicted molar refractivity (Wildman–Crippen MR) is 63.7 cm³/mol. The fourth-order valence-electron chi connectivity index (χ4n) is 0.996. The summed E-state index contributed by atoms with van der Waals surface area (Å²) in [5, 5.41) is 0. The van der Waals surface area contributed by atoms with Crippen molar-refractivity contribution in [3.05, 3.63) is 30.3 Å². The van der Waals surface area contributed by atoms with E-state index in [4.69, 9.17) is 0 Å². The standard InChI is InChI=1S/C12H18N3/c1-15(2,3)10-9-13-11-14-12-7-5-4-6-8-12/h4-8H,9-10H2,1-3H3/q+1. The van der Waals surface area contributed by atoms with E-state index in [1.54, 1.807) is 0 Å². The lowest BCUT2D eigenvalue weighted by atomic mass is 10.3. The monoisotopic (exact) mass is 204 g/mol. The van der Waals surface area contributed by atoms with E-state index in [-0.39, 0.29) is 0 Å². The second-order valence-corrected chi connectivity index (χ2v) is 4.44. The average molecular weight is 204 g/mol. The number of nitrogens with zero attached hydrogens (tertiary/aromatic N) is 3. The molecule has 0 amide bonds. The van der Waals surface area contributed by atoms with E-state index < -0.39 is 0 Å². The van der Waals surface area contributed by atoms with E-state index in [1.165, 1.54) is 0 Å². The van der Waals surface area contributed by atoms with Crippen molar-refractivity contribution >= 4 is 11.7 Å². The molecular weight excluding hydrogens is 186 g/mol. The fourth-order valence-corrected chi connectivity index (χ4v) is 0.996. The Morgan fingerprint density at radius 2 is 1.80 bits per heavy atom. The zero-order chi connectivity index (χ0) is 11.1. The van der Waals surface area contributed by atoms with Gasteiger partial charge >= 0.3 is 0 Å². The molecule has 0 N–H and O–H groups in total. The smallest absolute Gasteiger partial charge is 0.0990 e. The number of quaternary nitrogens is 1. The minimum atomic E-state index is 0.764. The van der Waals surface area contributed by atoms with Gasteiger partial charge in [-0.3, -0.25) is 0 Å². The quantitative estimate of drug-likeness (QED) is 0.530. The summed E-state index contributed by atoms with van der Waals surface area (Å²) in [7, 11) is 6.43. The molecule has 0 aliphatic heterocycles. The zero-order valence-corrected chi connectivity index (χ0v) is 9.64. The molecule has 3 nitrogen and oxygen atoms in total. The van der Waals surface area contributed by atoms with Gasteiger partial charge in [-0.15, -0.1) is 0 Å². The summed E-state index contributed by atoms with van der Waals surface area (Å²) in [5.74, 6) is 0. The first-order valence-corrected chi connectivity index (χ1v) is 5.06. The van der Waals surface area contributed by atoms with Crippen LogP contribution < -0.4 is 0 Å². The van der Waals surface area contributed by atoms with Crippen LogP contribution in [0.2, 0.25) is 0 Å². The molecule has 1 aromatic rings. The molecule has 0 bridgehead atoms. The molecule has 1 aromatic carbocycles. The Morgan fingerprint density at radius 1 is 1.13 bits per heavy atom. The molecule has 15 heavy (non-hydrogen) atoms. The van der Waals surface area contributed by atoms with Crippen LogP contribution in [0.5, 0.6) is 0 Å². The topological polar surface area (TPSA) is 24.7 Å². The van der Waals surface area contributed by atoms with Gasteiger partial charge in [-0.25, -0.2) is 4.99 Å². The number of benzene rings is 1. The zero-order valence-electron chi connectivity index (χ0n) is 9.64. The maximum absolute atomic E-state index is 4.12. The summed E-state index contributed by atoms with van der Waals surface area (Å²) in [6, 6.07) is 12.4. The third-order valence-corrected chi connectivity index (χ3v) is 1.89. The van der Waals surface area contributed by atoms with Gasteiger partial charge in [0, 0.05) is 0 Å². The van der Waals surface area contributed by atoms with Crippen LogP contribution in [0.1, 0.15) is 0 Å². The Bertz CT molecular complexity index is 343. The normalized spacial score (nSPS) is 10.6. The molecule has 0 aliphatic carbocycles. The van der Waals surface area contributed by atoms with Gasteiger partial charge in [0.05, 0.1) is 45.9 Å². The summed E-state index contributed by atoms with van der Waals surface area (Å²) in [5.41, 5.74) is 0.895. The molecule has 0 atom stereocenters. The Labute approximate surface area is 91.4 Å². The maximum atomic E-state index is 4.12. The van der Waals surface area contributed by atoms with E-state index in [1.807, 2.05) is 30.3 Å². The van der Waals surface area contributed by atoms with E-state index in [2.05, 4.69) is 37.1 Å². The first kappa shape index (κ1) is 11.6. The van der Waals surface area contributed by atoms with Crippen molar-refractivity contribution in [1.82, 2.24) is 0 Å². The third-order valence-electron chi connectivity index (χ3n) is 1.89. The van der Waals surface area contributed by atoms with Crippen LogP contribution in [-0.2, 0) is 0 Å². The van der Waals surface area contributed by atoms with Crippen molar-refractivity contribution < 1.29 is 4.48 Å². The average Bonchev–Trinajstić information content (AvgIpc) is 2.17. The summed E-state index contributed by atoms with van der Waals surface area (Å²) in [6.45, 7) is 1.76. The van der Waals surface area contributed by atoms with Crippen LogP contribution in [0.4, 0.5) is 5.69 Å². The Morgan fingerprint density at radius 3 is 2.40 bits per heavy atom. The lowest BCUT2D eigenvalue weighted by Crippen LogP contribution is -2.36. The van der Waals surface area contributed by atoms with E-state index in [0.717, 1.165) is 23.3 Å². The van der Waals surface area contributed by atoms with Crippen molar-refractivity contribution in [3.63, 3.8) is 0 Å². The Hall–Kier alpha value is -1.44. The van der Waals surface area contributed by atoms with Gasteiger partial charge in [0.25, 0.3) is 0 Å². The molecule has 0 fully saturated rings. The van der Waals surface area contributed by atoms with Crippen molar-refractivity contribution in [2.45, 2.75) is 0 Å². The summed E-state index contributed by atoms with van der Waals surface area (Å²) >= 11 is 0. The molecule has 3 heteroatoms. The number of likely N-dealkylation sites (N-methyl/N-ethyl adjacent to an activating group) is 1. The first-order chi connectivity index (χ1) is 7.08. The molecular formula is C12H18N3+. The minimum absolute atomic E-state index is 0.764. The lowest BCUT2D eigenvalue weighted by molar-refractivity contribution is -0.868. The van der Waals surface area contributed by atoms with Gasteiger partial charge < -0.3 is 4.48 Å². The Balaban J connectivity index is 2.42. The van der Waals surface area contributed by atoms with E-state index in [0.29, 0.717) is 0 Å². The molecule has 0 heterocycles. The van der Waals surface area contributed by atoms with Crippen LogP contribution in [0.15, 0.2) is 40.3 Å². The van der Waals surface area contributed by atoms with Crippen molar-refractivity contribution in [2.75, 3.05) is 34.2 Å². The largest absolute Gasteiger partial charge is 0.329 e. The molecule has 0 saturated heterocycles. The maximum Gasteiger partial charge on any atom is 0.0990 e. The van der Waals surface area contributed by atoms with Crippen LogP contribution in [0.25, 0.3) is 0 Å². The van der Waals surface area contributed by atoms with Gasteiger partial charge in [0.15, 0.2) is 0 Å². The van der Waals surface area contributed by atoms with Crippen LogP contribution in [0.3, 0.4) is 0 Å². The first-order valence-electron chi connectivity index (χ1n) is 5.06. The predicted octanol–water partition coefficient (Wildman–Crippen LogP) is 2.20. The van der Waals surface area contributed by atoms with Crippen molar-refractivity contribution in [2.24, 2.45) is 9.98 Å². The number of aliphatic imine (C=N–C) groups is 2. The Kier molecular flexibility index (Phi) is 4.22. The molecule has 0 aromatic heterocycles. The van der Waals surface area contributed by atoms with E-state index in [9.17, 15) is 0 Å². The molecule has 0 saturated carbocycles. The third kappa shape index (κ3) is 5.78. The summed E-state index contributed by atoms with van der Waals surface area (Å²) in [4.78, 5) is 8.22. The van der Waals surface area contributed by atoms with E-state index >= 15 is 0 Å². The fraction of sp³-hybridized carbons (Fsp3) is 0.417. The molecule has 0 aliphatic rings. The molecule has 1 rings (SSSR count). The molecule has 0 unspecified atom stereocenters. The summed E-state index contributed by atoms with van der Waals surface area (Å²) < 4.78 is 0.913. The highest BCUT2D eigenvalue weighted by atomic mass is 15.3. The van der Waals surface area contributed by atoms with Gasteiger partial charge in [0.1, 0.15) is 0 Å². The highest BCUT2D eigenvalue weighted by Crippen LogP contribution is 2.07. The van der Waals surface area contributed by atoms with Crippen molar-refractivity contribution in [1.29, 1.82) is 0 Å². The summed E-state index contributed by atoms with van der Waals surface area (Å²) in [6.07, 6.45) is 0. The number of rotatable bonds is 4. The second-order valence-electron chi connectivity index (χ2n) is 4.44. The SMILES string of the molecule is C[N+](C)(C)CCN=C=Nc1ccccc1. The minimum Gasteiger partial charge on any atom is -0.329 e. The lowest BCUT2D eigenvalue weighted by Gasteiger charge is -2.22.